The molecule has 1 fully saturated rings. The third-order valence-corrected chi connectivity index (χ3v) is 2.24. The standard InChI is InChI=1S/C7H11NO2/c9-4-3-8-5-1-2-6(10)7(5)8/h1-2,5-7,9-10H,3-4H2/t5-,6-,7-,8?/m1/s1. The van der Waals surface area contributed by atoms with Crippen LogP contribution >= 0.6 is 0 Å². The lowest BCUT2D eigenvalue weighted by Crippen LogP contribution is -2.18. The highest BCUT2D eigenvalue weighted by Gasteiger charge is 2.51. The van der Waals surface area contributed by atoms with Crippen LogP contribution in [0, 0.1) is 0 Å². The second-order valence-electron chi connectivity index (χ2n) is 2.82. The van der Waals surface area contributed by atoms with E-state index in [2.05, 4.69) is 4.90 Å². The summed E-state index contributed by atoms with van der Waals surface area (Å²) >= 11 is 0. The monoisotopic (exact) mass is 141 g/mol. The predicted molar refractivity (Wildman–Crippen MR) is 36.5 cm³/mol. The molecular formula is C7H11NO2. The maximum atomic E-state index is 9.23. The summed E-state index contributed by atoms with van der Waals surface area (Å²) in [4.78, 5) is 2.09. The lowest BCUT2D eigenvalue weighted by atomic mass is 10.3. The van der Waals surface area contributed by atoms with E-state index >= 15 is 0 Å². The van der Waals surface area contributed by atoms with Crippen molar-refractivity contribution in [2.45, 2.75) is 18.2 Å². The number of fused-ring (bicyclic) bond motifs is 1. The van der Waals surface area contributed by atoms with E-state index in [0.29, 0.717) is 12.6 Å². The summed E-state index contributed by atoms with van der Waals surface area (Å²) in [5, 5.41) is 17.8. The molecule has 1 unspecified atom stereocenters. The van der Waals surface area contributed by atoms with Crippen LogP contribution in [0.15, 0.2) is 12.2 Å². The highest BCUT2D eigenvalue weighted by Crippen LogP contribution is 2.36. The summed E-state index contributed by atoms with van der Waals surface area (Å²) in [6.07, 6.45) is 3.53. The van der Waals surface area contributed by atoms with E-state index in [1.165, 1.54) is 0 Å². The van der Waals surface area contributed by atoms with Gasteiger partial charge in [-0.3, -0.25) is 4.90 Å². The number of β-amino-alcohol motifs (C(OH)–C–C–N with tert-alkyl or cyclic N) is 1. The van der Waals surface area contributed by atoms with Gasteiger partial charge in [-0.1, -0.05) is 12.2 Å². The number of hydrogen-bond acceptors (Lipinski definition) is 3. The second kappa shape index (κ2) is 2.05. The first-order valence-electron chi connectivity index (χ1n) is 3.57. The fourth-order valence-electron chi connectivity index (χ4n) is 1.70. The van der Waals surface area contributed by atoms with Crippen LogP contribution in [0.4, 0.5) is 0 Å². The van der Waals surface area contributed by atoms with Crippen LogP contribution in [0.25, 0.3) is 0 Å². The van der Waals surface area contributed by atoms with Crippen LogP contribution in [0.5, 0.6) is 0 Å². The number of nitrogens with zero attached hydrogens (tertiary/aromatic N) is 1. The molecule has 2 aliphatic rings. The lowest BCUT2D eigenvalue weighted by Gasteiger charge is -2.04. The molecule has 0 spiro atoms. The first-order chi connectivity index (χ1) is 4.84. The Morgan fingerprint density at radius 3 is 2.70 bits per heavy atom. The van der Waals surface area contributed by atoms with Crippen LogP contribution in [0.3, 0.4) is 0 Å². The first kappa shape index (κ1) is 6.34. The summed E-state index contributed by atoms with van der Waals surface area (Å²) in [5.74, 6) is 0. The van der Waals surface area contributed by atoms with Gasteiger partial charge in [0.2, 0.25) is 0 Å². The van der Waals surface area contributed by atoms with Gasteiger partial charge in [0.1, 0.15) is 0 Å². The maximum Gasteiger partial charge on any atom is 0.0895 e. The Morgan fingerprint density at radius 2 is 2.20 bits per heavy atom. The van der Waals surface area contributed by atoms with Crippen molar-refractivity contribution in [2.75, 3.05) is 13.2 Å². The molecule has 0 radical (unpaired) electrons. The second-order valence-corrected chi connectivity index (χ2v) is 2.82. The van der Waals surface area contributed by atoms with Gasteiger partial charge in [-0.15, -0.1) is 0 Å². The quantitative estimate of drug-likeness (QED) is 0.381. The molecule has 2 N–H and O–H groups in total. The normalized spacial score (nSPS) is 49.4. The summed E-state index contributed by atoms with van der Waals surface area (Å²) < 4.78 is 0. The largest absolute Gasteiger partial charge is 0.395 e. The highest BCUT2D eigenvalue weighted by atomic mass is 16.3. The highest BCUT2D eigenvalue weighted by molar-refractivity contribution is 5.26. The van der Waals surface area contributed by atoms with Gasteiger partial charge in [0, 0.05) is 12.6 Å². The maximum absolute atomic E-state index is 9.23. The molecule has 3 nitrogen and oxygen atoms in total. The number of rotatable bonds is 2. The van der Waals surface area contributed by atoms with Gasteiger partial charge in [-0.25, -0.2) is 0 Å². The Hall–Kier alpha value is -0.380. The Balaban J connectivity index is 1.93. The van der Waals surface area contributed by atoms with Crippen LogP contribution in [0.1, 0.15) is 0 Å². The molecule has 1 aliphatic heterocycles. The summed E-state index contributed by atoms with van der Waals surface area (Å²) in [6, 6.07) is 0.703. The molecule has 0 aromatic carbocycles. The smallest absolute Gasteiger partial charge is 0.0895 e. The van der Waals surface area contributed by atoms with E-state index in [1.54, 1.807) is 0 Å². The van der Waals surface area contributed by atoms with Gasteiger partial charge >= 0.3 is 0 Å². The summed E-state index contributed by atoms with van der Waals surface area (Å²) in [5.41, 5.74) is 0. The zero-order valence-electron chi connectivity index (χ0n) is 5.64. The van der Waals surface area contributed by atoms with Crippen molar-refractivity contribution >= 4 is 0 Å². The van der Waals surface area contributed by atoms with E-state index in [0.717, 1.165) is 0 Å². The molecule has 3 heteroatoms. The van der Waals surface area contributed by atoms with Crippen molar-refractivity contribution < 1.29 is 10.2 Å². The van der Waals surface area contributed by atoms with Gasteiger partial charge < -0.3 is 10.2 Å². The molecule has 4 atom stereocenters. The van der Waals surface area contributed by atoms with Crippen molar-refractivity contribution in [2.24, 2.45) is 0 Å². The molecule has 1 saturated heterocycles. The average Bonchev–Trinajstić information content (AvgIpc) is 2.45. The average molecular weight is 141 g/mol. The molecule has 2 rings (SSSR count). The minimum absolute atomic E-state index is 0.188. The van der Waals surface area contributed by atoms with Crippen molar-refractivity contribution in [3.63, 3.8) is 0 Å². The van der Waals surface area contributed by atoms with E-state index < -0.39 is 0 Å². The fourth-order valence-corrected chi connectivity index (χ4v) is 1.70. The molecule has 0 aromatic rings. The molecular weight excluding hydrogens is 130 g/mol. The van der Waals surface area contributed by atoms with E-state index in [1.807, 2.05) is 12.2 Å². The third-order valence-electron chi connectivity index (χ3n) is 2.24. The summed E-state index contributed by atoms with van der Waals surface area (Å²) in [6.45, 7) is 0.879. The van der Waals surface area contributed by atoms with Gasteiger partial charge in [0.15, 0.2) is 0 Å². The first-order valence-corrected chi connectivity index (χ1v) is 3.57. The van der Waals surface area contributed by atoms with Crippen LogP contribution in [-0.2, 0) is 0 Å². The Kier molecular flexibility index (Phi) is 1.30. The van der Waals surface area contributed by atoms with E-state index in [9.17, 15) is 5.11 Å². The van der Waals surface area contributed by atoms with Crippen molar-refractivity contribution in [1.29, 1.82) is 0 Å². The minimum atomic E-state index is -0.295. The third kappa shape index (κ3) is 0.714. The van der Waals surface area contributed by atoms with Crippen LogP contribution in [-0.4, -0.2) is 46.5 Å². The van der Waals surface area contributed by atoms with E-state index in [-0.39, 0.29) is 18.8 Å². The predicted octanol–water partition coefficient (Wildman–Crippen LogP) is -1.04. The number of hydrogen-bond donors (Lipinski definition) is 2. The molecule has 10 heavy (non-hydrogen) atoms. The zero-order valence-corrected chi connectivity index (χ0v) is 5.64. The zero-order chi connectivity index (χ0) is 7.14. The summed E-state index contributed by atoms with van der Waals surface area (Å²) in [7, 11) is 0. The molecule has 1 aliphatic carbocycles. The molecule has 0 aromatic heterocycles. The molecule has 1 heterocycles. The SMILES string of the molecule is OCCN1[C@H]2[C@H](O)C=C[C@H]21. The molecule has 0 saturated carbocycles. The van der Waals surface area contributed by atoms with Crippen LogP contribution < -0.4 is 0 Å². The Morgan fingerprint density at radius 1 is 1.40 bits per heavy atom. The molecule has 0 amide bonds. The van der Waals surface area contributed by atoms with Gasteiger partial charge in [0.05, 0.1) is 18.8 Å². The van der Waals surface area contributed by atoms with Gasteiger partial charge in [-0.05, 0) is 0 Å². The lowest BCUT2D eigenvalue weighted by molar-refractivity contribution is 0.190. The Bertz CT molecular complexity index is 169. The molecule has 0 bridgehead atoms. The van der Waals surface area contributed by atoms with Gasteiger partial charge in [0.25, 0.3) is 0 Å². The van der Waals surface area contributed by atoms with Crippen molar-refractivity contribution in [3.05, 3.63) is 12.2 Å². The minimum Gasteiger partial charge on any atom is -0.395 e. The molecule has 56 valence electrons. The Labute approximate surface area is 59.6 Å². The van der Waals surface area contributed by atoms with Crippen LogP contribution in [0.2, 0.25) is 0 Å². The topological polar surface area (TPSA) is 43.5 Å². The number of aliphatic hydroxyl groups excluding tert-OH is 2. The number of aliphatic hydroxyl groups is 2. The fraction of sp³-hybridized carbons (Fsp3) is 0.714. The van der Waals surface area contributed by atoms with Crippen molar-refractivity contribution in [3.8, 4) is 0 Å². The van der Waals surface area contributed by atoms with Gasteiger partial charge in [-0.2, -0.15) is 0 Å². The van der Waals surface area contributed by atoms with E-state index in [4.69, 9.17) is 5.11 Å². The van der Waals surface area contributed by atoms with Crippen molar-refractivity contribution in [1.82, 2.24) is 4.90 Å².